The minimum atomic E-state index is -0.373. The minimum Gasteiger partial charge on any atom is -0.392 e. The number of benzene rings is 1. The molecule has 0 saturated carbocycles. The number of nitrogens with zero attached hydrogens (tertiary/aromatic N) is 2. The molecular formula is C17H26FN3OS. The van der Waals surface area contributed by atoms with E-state index in [1.807, 2.05) is 11.8 Å². The molecule has 0 aromatic heterocycles. The molecule has 1 heterocycles. The van der Waals surface area contributed by atoms with Crippen molar-refractivity contribution in [3.63, 3.8) is 0 Å². The molecule has 2 rings (SSSR count). The largest absolute Gasteiger partial charge is 0.392 e. The van der Waals surface area contributed by atoms with Crippen LogP contribution in [0, 0.1) is 5.82 Å². The lowest BCUT2D eigenvalue weighted by Gasteiger charge is -2.39. The van der Waals surface area contributed by atoms with Crippen LogP contribution in [-0.4, -0.2) is 46.1 Å². The van der Waals surface area contributed by atoms with Crippen LogP contribution < -0.4 is 5.32 Å². The van der Waals surface area contributed by atoms with Crippen LogP contribution in [0.25, 0.3) is 0 Å². The number of halogens is 1. The first-order valence-corrected chi connectivity index (χ1v) is 8.99. The zero-order valence-electron chi connectivity index (χ0n) is 14.1. The van der Waals surface area contributed by atoms with Crippen LogP contribution in [-0.2, 0) is 13.2 Å². The number of rotatable bonds is 4. The summed E-state index contributed by atoms with van der Waals surface area (Å²) in [4.78, 5) is 6.98. The topological polar surface area (TPSA) is 47.9 Å². The molecule has 0 spiro atoms. The van der Waals surface area contributed by atoms with Gasteiger partial charge in [-0.15, -0.1) is 0 Å². The summed E-state index contributed by atoms with van der Waals surface area (Å²) in [5, 5.41) is 12.5. The molecule has 0 aliphatic carbocycles. The standard InChI is InChI=1S/C17H26FN3OS/c1-4-19-16(21-7-8-23-17(2,3)12-21)20-10-13-5-6-15(18)14(9-13)11-22/h5-6,9,22H,4,7-8,10-12H2,1-3H3,(H,19,20). The molecule has 0 atom stereocenters. The van der Waals surface area contributed by atoms with Gasteiger partial charge in [0.2, 0.25) is 0 Å². The van der Waals surface area contributed by atoms with Gasteiger partial charge < -0.3 is 15.3 Å². The summed E-state index contributed by atoms with van der Waals surface area (Å²) in [5.74, 6) is 1.61. The van der Waals surface area contributed by atoms with Crippen LogP contribution in [0.2, 0.25) is 0 Å². The van der Waals surface area contributed by atoms with E-state index in [0.717, 1.165) is 36.9 Å². The van der Waals surface area contributed by atoms with Crippen molar-refractivity contribution in [2.75, 3.05) is 25.4 Å². The van der Waals surface area contributed by atoms with Crippen molar-refractivity contribution in [2.45, 2.75) is 38.7 Å². The van der Waals surface area contributed by atoms with Gasteiger partial charge >= 0.3 is 0 Å². The van der Waals surface area contributed by atoms with E-state index < -0.39 is 0 Å². The fourth-order valence-corrected chi connectivity index (χ4v) is 3.75. The fourth-order valence-electron chi connectivity index (χ4n) is 2.64. The van der Waals surface area contributed by atoms with Gasteiger partial charge in [0.1, 0.15) is 5.82 Å². The minimum absolute atomic E-state index is 0.217. The van der Waals surface area contributed by atoms with Crippen molar-refractivity contribution in [2.24, 2.45) is 4.99 Å². The Hall–Kier alpha value is -1.27. The van der Waals surface area contributed by atoms with E-state index in [4.69, 9.17) is 10.1 Å². The Morgan fingerprint density at radius 2 is 2.26 bits per heavy atom. The van der Waals surface area contributed by atoms with Crippen molar-refractivity contribution in [3.05, 3.63) is 35.1 Å². The first kappa shape index (κ1) is 18.1. The Morgan fingerprint density at radius 3 is 2.91 bits per heavy atom. The second kappa shape index (κ2) is 8.02. The zero-order chi connectivity index (χ0) is 16.9. The normalized spacial score (nSPS) is 18.1. The predicted molar refractivity (Wildman–Crippen MR) is 95.2 cm³/mol. The predicted octanol–water partition coefficient (Wildman–Crippen LogP) is 2.61. The molecular weight excluding hydrogens is 313 g/mol. The van der Waals surface area contributed by atoms with Crippen LogP contribution in [0.5, 0.6) is 0 Å². The summed E-state index contributed by atoms with van der Waals surface area (Å²) in [6.45, 7) is 9.48. The third kappa shape index (κ3) is 5.11. The van der Waals surface area contributed by atoms with Gasteiger partial charge in [-0.2, -0.15) is 11.8 Å². The van der Waals surface area contributed by atoms with Gasteiger partial charge in [0.25, 0.3) is 0 Å². The first-order chi connectivity index (χ1) is 10.9. The van der Waals surface area contributed by atoms with Crippen LogP contribution in [0.15, 0.2) is 23.2 Å². The van der Waals surface area contributed by atoms with Gasteiger partial charge in [-0.05, 0) is 38.5 Å². The molecule has 1 aromatic rings. The maximum absolute atomic E-state index is 13.4. The number of aliphatic imine (C=N–C) groups is 1. The van der Waals surface area contributed by atoms with E-state index in [9.17, 15) is 4.39 Å². The van der Waals surface area contributed by atoms with Crippen molar-refractivity contribution in [1.82, 2.24) is 10.2 Å². The fraction of sp³-hybridized carbons (Fsp3) is 0.588. The lowest BCUT2D eigenvalue weighted by molar-refractivity contribution is 0.275. The highest BCUT2D eigenvalue weighted by Gasteiger charge is 2.28. The van der Waals surface area contributed by atoms with Crippen molar-refractivity contribution in [1.29, 1.82) is 0 Å². The van der Waals surface area contributed by atoms with E-state index in [2.05, 4.69) is 31.0 Å². The number of thioether (sulfide) groups is 1. The monoisotopic (exact) mass is 339 g/mol. The summed E-state index contributed by atoms with van der Waals surface area (Å²) in [6.07, 6.45) is 0. The summed E-state index contributed by atoms with van der Waals surface area (Å²) in [6, 6.07) is 4.79. The molecule has 4 nitrogen and oxygen atoms in total. The Kier molecular flexibility index (Phi) is 6.30. The third-order valence-electron chi connectivity index (χ3n) is 3.75. The first-order valence-electron chi connectivity index (χ1n) is 8.00. The summed E-state index contributed by atoms with van der Waals surface area (Å²) in [7, 11) is 0. The van der Waals surface area contributed by atoms with E-state index >= 15 is 0 Å². The molecule has 1 aliphatic rings. The second-order valence-corrected chi connectivity index (χ2v) is 8.09. The maximum Gasteiger partial charge on any atom is 0.194 e. The summed E-state index contributed by atoms with van der Waals surface area (Å²) >= 11 is 1.99. The highest BCUT2D eigenvalue weighted by molar-refractivity contribution is 8.00. The van der Waals surface area contributed by atoms with Crippen LogP contribution in [0.4, 0.5) is 4.39 Å². The van der Waals surface area contributed by atoms with Crippen molar-refractivity contribution in [3.8, 4) is 0 Å². The van der Waals surface area contributed by atoms with E-state index in [1.54, 1.807) is 12.1 Å². The molecule has 6 heteroatoms. The number of hydrogen-bond donors (Lipinski definition) is 2. The molecule has 0 radical (unpaired) electrons. The number of guanidine groups is 1. The smallest absolute Gasteiger partial charge is 0.194 e. The quantitative estimate of drug-likeness (QED) is 0.654. The molecule has 1 fully saturated rings. The molecule has 128 valence electrons. The second-order valence-electron chi connectivity index (χ2n) is 6.28. The number of nitrogens with one attached hydrogen (secondary N) is 1. The van der Waals surface area contributed by atoms with Crippen LogP contribution in [0.1, 0.15) is 31.9 Å². The molecule has 0 amide bonds. The SMILES string of the molecule is CCNC(=NCc1ccc(F)c(CO)c1)N1CCSC(C)(C)C1. The van der Waals surface area contributed by atoms with E-state index in [0.29, 0.717) is 12.1 Å². The van der Waals surface area contributed by atoms with Gasteiger partial charge in [-0.25, -0.2) is 9.38 Å². The number of aliphatic hydroxyl groups excluding tert-OH is 1. The Morgan fingerprint density at radius 1 is 1.48 bits per heavy atom. The van der Waals surface area contributed by atoms with Crippen LogP contribution in [0.3, 0.4) is 0 Å². The third-order valence-corrected chi connectivity index (χ3v) is 5.05. The molecule has 23 heavy (non-hydrogen) atoms. The van der Waals surface area contributed by atoms with Crippen molar-refractivity contribution >= 4 is 17.7 Å². The zero-order valence-corrected chi connectivity index (χ0v) is 14.9. The lowest BCUT2D eigenvalue weighted by atomic mass is 10.1. The molecule has 1 aliphatic heterocycles. The Balaban J connectivity index is 2.12. The van der Waals surface area contributed by atoms with E-state index in [-0.39, 0.29) is 17.2 Å². The van der Waals surface area contributed by atoms with E-state index in [1.165, 1.54) is 6.07 Å². The average Bonchev–Trinajstić information content (AvgIpc) is 2.51. The molecule has 2 N–H and O–H groups in total. The van der Waals surface area contributed by atoms with Gasteiger partial charge in [-0.1, -0.05) is 6.07 Å². The highest BCUT2D eigenvalue weighted by atomic mass is 32.2. The molecule has 0 unspecified atom stereocenters. The number of aliphatic hydroxyl groups is 1. The van der Waals surface area contributed by atoms with Crippen molar-refractivity contribution < 1.29 is 9.50 Å². The number of hydrogen-bond acceptors (Lipinski definition) is 3. The lowest BCUT2D eigenvalue weighted by Crippen LogP contribution is -2.50. The maximum atomic E-state index is 13.4. The average molecular weight is 339 g/mol. The van der Waals surface area contributed by atoms with Gasteiger partial charge in [0.05, 0.1) is 13.2 Å². The summed E-state index contributed by atoms with van der Waals surface area (Å²) < 4.78 is 13.7. The Bertz CT molecular complexity index is 563. The molecule has 0 bridgehead atoms. The highest BCUT2D eigenvalue weighted by Crippen LogP contribution is 2.29. The van der Waals surface area contributed by atoms with Crippen LogP contribution >= 0.6 is 11.8 Å². The Labute approximate surface area is 142 Å². The van der Waals surface area contributed by atoms with Gasteiger partial charge in [0.15, 0.2) is 5.96 Å². The summed E-state index contributed by atoms with van der Waals surface area (Å²) in [5.41, 5.74) is 1.22. The van der Waals surface area contributed by atoms with Gasteiger partial charge in [-0.3, -0.25) is 0 Å². The molecule has 1 saturated heterocycles. The van der Waals surface area contributed by atoms with Gasteiger partial charge in [0, 0.05) is 35.7 Å². The molecule has 1 aromatic carbocycles.